The van der Waals surface area contributed by atoms with Gasteiger partial charge in [0.2, 0.25) is 11.8 Å². The molecule has 1 aliphatic rings. The lowest BCUT2D eigenvalue weighted by molar-refractivity contribution is -0.121. The lowest BCUT2D eigenvalue weighted by atomic mass is 10.1. The Labute approximate surface area is 186 Å². The van der Waals surface area contributed by atoms with Crippen molar-refractivity contribution in [3.8, 4) is 0 Å². The number of rotatable bonds is 5. The first-order valence-electron chi connectivity index (χ1n) is 10.1. The Hall–Kier alpha value is -3.38. The van der Waals surface area contributed by atoms with Gasteiger partial charge in [0.25, 0.3) is 0 Å². The summed E-state index contributed by atoms with van der Waals surface area (Å²) in [5.74, 6) is -0.324. The third kappa shape index (κ3) is 4.70. The Kier molecular flexibility index (Phi) is 6.18. The fourth-order valence-electron chi connectivity index (χ4n) is 3.36. The minimum atomic E-state index is -0.534. The molecule has 31 heavy (non-hydrogen) atoms. The minimum Gasteiger partial charge on any atom is -0.326 e. The van der Waals surface area contributed by atoms with Crippen molar-refractivity contribution >= 4 is 45.8 Å². The van der Waals surface area contributed by atoms with E-state index >= 15 is 0 Å². The molecule has 0 bridgehead atoms. The number of thioether (sulfide) groups is 1. The molecule has 5 nitrogen and oxygen atoms in total. The number of carbonyl (C=O) groups is 2. The predicted octanol–water partition coefficient (Wildman–Crippen LogP) is 5.47. The van der Waals surface area contributed by atoms with Crippen LogP contribution in [0.25, 0.3) is 0 Å². The Morgan fingerprint density at radius 1 is 0.968 bits per heavy atom. The SMILES string of the molecule is Cc1cccc(NC(=O)CC2SC(=Nc3ccccc3)N(c3ccccc3)C2=O)c1C. The van der Waals surface area contributed by atoms with E-state index in [0.29, 0.717) is 5.17 Å². The smallest absolute Gasteiger partial charge is 0.247 e. The quantitative estimate of drug-likeness (QED) is 0.585. The molecule has 1 heterocycles. The Balaban J connectivity index is 1.57. The Morgan fingerprint density at radius 2 is 1.65 bits per heavy atom. The normalized spacial score (nSPS) is 17.2. The third-order valence-electron chi connectivity index (χ3n) is 5.18. The number of anilines is 2. The highest BCUT2D eigenvalue weighted by atomic mass is 32.2. The molecule has 1 saturated heterocycles. The van der Waals surface area contributed by atoms with Gasteiger partial charge in [-0.2, -0.15) is 0 Å². The van der Waals surface area contributed by atoms with E-state index in [1.807, 2.05) is 92.7 Å². The number of hydrogen-bond donors (Lipinski definition) is 1. The van der Waals surface area contributed by atoms with E-state index in [2.05, 4.69) is 10.3 Å². The molecule has 0 aliphatic carbocycles. The molecule has 1 atom stereocenters. The second kappa shape index (κ2) is 9.18. The van der Waals surface area contributed by atoms with Gasteiger partial charge in [0.15, 0.2) is 5.17 Å². The number of amidine groups is 1. The number of para-hydroxylation sites is 2. The summed E-state index contributed by atoms with van der Waals surface area (Å²) in [6.45, 7) is 3.98. The molecular formula is C25H23N3O2S. The molecule has 0 radical (unpaired) electrons. The highest BCUT2D eigenvalue weighted by Gasteiger charge is 2.40. The summed E-state index contributed by atoms with van der Waals surface area (Å²) in [6, 6.07) is 24.7. The van der Waals surface area contributed by atoms with Crippen LogP contribution in [-0.2, 0) is 9.59 Å². The molecule has 2 amide bonds. The number of amides is 2. The minimum absolute atomic E-state index is 0.0774. The van der Waals surface area contributed by atoms with Gasteiger partial charge in [0.05, 0.1) is 11.4 Å². The molecule has 1 unspecified atom stereocenters. The number of aliphatic imine (C=N–C) groups is 1. The first-order valence-corrected chi connectivity index (χ1v) is 11.0. The summed E-state index contributed by atoms with van der Waals surface area (Å²) in [6.07, 6.45) is 0.0774. The van der Waals surface area contributed by atoms with Gasteiger partial charge < -0.3 is 5.32 Å². The van der Waals surface area contributed by atoms with Crippen LogP contribution in [0.3, 0.4) is 0 Å². The van der Waals surface area contributed by atoms with Crippen molar-refractivity contribution in [2.75, 3.05) is 10.2 Å². The fourth-order valence-corrected chi connectivity index (χ4v) is 4.51. The molecular weight excluding hydrogens is 406 g/mol. The number of nitrogens with zero attached hydrogens (tertiary/aromatic N) is 2. The molecule has 1 fully saturated rings. The number of carbonyl (C=O) groups excluding carboxylic acids is 2. The van der Waals surface area contributed by atoms with Crippen LogP contribution in [0.15, 0.2) is 83.9 Å². The van der Waals surface area contributed by atoms with Crippen LogP contribution < -0.4 is 10.2 Å². The maximum Gasteiger partial charge on any atom is 0.247 e. The van der Waals surface area contributed by atoms with E-state index < -0.39 is 5.25 Å². The standard InChI is InChI=1S/C25H23N3O2S/c1-17-10-9-15-21(18(17)2)27-23(29)16-22-24(30)28(20-13-7-4-8-14-20)25(31-22)26-19-11-5-3-6-12-19/h3-15,22H,16H2,1-2H3,(H,27,29). The van der Waals surface area contributed by atoms with Crippen molar-refractivity contribution in [1.82, 2.24) is 0 Å². The molecule has 4 rings (SSSR count). The van der Waals surface area contributed by atoms with E-state index in [-0.39, 0.29) is 18.2 Å². The first kappa shape index (κ1) is 20.9. The molecule has 3 aromatic carbocycles. The van der Waals surface area contributed by atoms with Gasteiger partial charge in [-0.05, 0) is 55.3 Å². The monoisotopic (exact) mass is 429 g/mol. The lowest BCUT2D eigenvalue weighted by Crippen LogP contribution is -2.33. The van der Waals surface area contributed by atoms with E-state index in [1.54, 1.807) is 4.90 Å². The highest BCUT2D eigenvalue weighted by molar-refractivity contribution is 8.16. The maximum absolute atomic E-state index is 13.3. The molecule has 6 heteroatoms. The van der Waals surface area contributed by atoms with Crippen LogP contribution in [0, 0.1) is 13.8 Å². The van der Waals surface area contributed by atoms with Gasteiger partial charge in [-0.1, -0.05) is 60.3 Å². The zero-order valence-corrected chi connectivity index (χ0v) is 18.2. The number of benzene rings is 3. The number of nitrogens with one attached hydrogen (secondary N) is 1. The van der Waals surface area contributed by atoms with Crippen molar-refractivity contribution in [3.63, 3.8) is 0 Å². The molecule has 0 spiro atoms. The zero-order chi connectivity index (χ0) is 21.8. The first-order chi connectivity index (χ1) is 15.0. The average Bonchev–Trinajstić information content (AvgIpc) is 3.07. The molecule has 0 saturated carbocycles. The summed E-state index contributed by atoms with van der Waals surface area (Å²) in [5, 5.41) is 3.00. The van der Waals surface area contributed by atoms with Crippen LogP contribution in [0.2, 0.25) is 0 Å². The zero-order valence-electron chi connectivity index (χ0n) is 17.4. The van der Waals surface area contributed by atoms with Gasteiger partial charge in [-0.3, -0.25) is 14.5 Å². The van der Waals surface area contributed by atoms with Gasteiger partial charge in [0.1, 0.15) is 5.25 Å². The predicted molar refractivity (Wildman–Crippen MR) is 128 cm³/mol. The van der Waals surface area contributed by atoms with Crippen molar-refractivity contribution in [2.45, 2.75) is 25.5 Å². The molecule has 3 aromatic rings. The summed E-state index contributed by atoms with van der Waals surface area (Å²) >= 11 is 1.33. The van der Waals surface area contributed by atoms with E-state index in [0.717, 1.165) is 28.2 Å². The van der Waals surface area contributed by atoms with Crippen molar-refractivity contribution < 1.29 is 9.59 Å². The summed E-state index contributed by atoms with van der Waals surface area (Å²) in [7, 11) is 0. The molecule has 1 N–H and O–H groups in total. The fraction of sp³-hybridized carbons (Fsp3) is 0.160. The lowest BCUT2D eigenvalue weighted by Gasteiger charge is -2.16. The Bertz CT molecular complexity index is 1130. The van der Waals surface area contributed by atoms with Crippen LogP contribution in [0.1, 0.15) is 17.5 Å². The van der Waals surface area contributed by atoms with Gasteiger partial charge in [-0.25, -0.2) is 4.99 Å². The number of hydrogen-bond acceptors (Lipinski definition) is 4. The van der Waals surface area contributed by atoms with Crippen LogP contribution in [0.5, 0.6) is 0 Å². The molecule has 0 aromatic heterocycles. The largest absolute Gasteiger partial charge is 0.326 e. The molecule has 1 aliphatic heterocycles. The van der Waals surface area contributed by atoms with Crippen LogP contribution in [0.4, 0.5) is 17.1 Å². The van der Waals surface area contributed by atoms with Gasteiger partial charge in [0, 0.05) is 12.1 Å². The molecule has 156 valence electrons. The Morgan fingerprint density at radius 3 is 2.35 bits per heavy atom. The maximum atomic E-state index is 13.3. The summed E-state index contributed by atoms with van der Waals surface area (Å²) < 4.78 is 0. The van der Waals surface area contributed by atoms with E-state index in [9.17, 15) is 9.59 Å². The van der Waals surface area contributed by atoms with Crippen LogP contribution in [-0.4, -0.2) is 22.2 Å². The third-order valence-corrected chi connectivity index (χ3v) is 6.32. The summed E-state index contributed by atoms with van der Waals surface area (Å²) in [5.41, 5.74) is 4.42. The van der Waals surface area contributed by atoms with Crippen molar-refractivity contribution in [1.29, 1.82) is 0 Å². The number of aryl methyl sites for hydroxylation is 1. The van der Waals surface area contributed by atoms with Gasteiger partial charge >= 0.3 is 0 Å². The van der Waals surface area contributed by atoms with Crippen molar-refractivity contribution in [2.24, 2.45) is 4.99 Å². The average molecular weight is 430 g/mol. The van der Waals surface area contributed by atoms with Crippen molar-refractivity contribution in [3.05, 3.63) is 90.0 Å². The van der Waals surface area contributed by atoms with Crippen LogP contribution >= 0.6 is 11.8 Å². The van der Waals surface area contributed by atoms with Gasteiger partial charge in [-0.15, -0.1) is 0 Å². The highest BCUT2D eigenvalue weighted by Crippen LogP contribution is 2.35. The summed E-state index contributed by atoms with van der Waals surface area (Å²) in [4.78, 5) is 32.3. The van der Waals surface area contributed by atoms with E-state index in [4.69, 9.17) is 0 Å². The second-order valence-corrected chi connectivity index (χ2v) is 8.52. The topological polar surface area (TPSA) is 61.8 Å². The second-order valence-electron chi connectivity index (χ2n) is 7.35. The van der Waals surface area contributed by atoms with E-state index in [1.165, 1.54) is 11.8 Å².